The average molecular weight is 298 g/mol. The van der Waals surface area contributed by atoms with E-state index in [1.54, 1.807) is 33.1 Å². The molecule has 6 nitrogen and oxygen atoms in total. The number of nitrogens with zero attached hydrogens (tertiary/aromatic N) is 1. The van der Waals surface area contributed by atoms with Crippen LogP contribution in [0.4, 0.5) is 5.69 Å². The lowest BCUT2D eigenvalue weighted by Crippen LogP contribution is -2.50. The van der Waals surface area contributed by atoms with Crippen LogP contribution in [0, 0.1) is 10.1 Å². The van der Waals surface area contributed by atoms with E-state index >= 15 is 0 Å². The molecule has 0 saturated carbocycles. The van der Waals surface area contributed by atoms with E-state index in [0.29, 0.717) is 4.90 Å². The van der Waals surface area contributed by atoms with Crippen LogP contribution in [0.25, 0.3) is 0 Å². The highest BCUT2D eigenvalue weighted by Crippen LogP contribution is 2.28. The number of thioether (sulfide) groups is 1. The Labute approximate surface area is 121 Å². The highest BCUT2D eigenvalue weighted by Gasteiger charge is 2.27. The lowest BCUT2D eigenvalue weighted by atomic mass is 9.98. The molecule has 1 atom stereocenters. The molecule has 0 fully saturated rings. The van der Waals surface area contributed by atoms with Crippen molar-refractivity contribution in [3.8, 4) is 0 Å². The first-order chi connectivity index (χ1) is 9.19. The van der Waals surface area contributed by atoms with Crippen molar-refractivity contribution >= 4 is 23.4 Å². The molecule has 0 aliphatic heterocycles. The van der Waals surface area contributed by atoms with E-state index in [4.69, 9.17) is 0 Å². The van der Waals surface area contributed by atoms with Gasteiger partial charge in [-0.2, -0.15) is 0 Å². The Balaban J connectivity index is 3.06. The van der Waals surface area contributed by atoms with Gasteiger partial charge in [-0.25, -0.2) is 0 Å². The number of hydrogen-bond donors (Lipinski definition) is 2. The van der Waals surface area contributed by atoms with E-state index < -0.39 is 22.5 Å². The van der Waals surface area contributed by atoms with Gasteiger partial charge < -0.3 is 10.4 Å². The Hall–Kier alpha value is -1.60. The first-order valence-electron chi connectivity index (χ1n) is 6.02. The van der Waals surface area contributed by atoms with Crippen molar-refractivity contribution in [3.05, 3.63) is 33.9 Å². The van der Waals surface area contributed by atoms with Gasteiger partial charge in [0.05, 0.1) is 21.5 Å². The van der Waals surface area contributed by atoms with Crippen molar-refractivity contribution in [2.75, 3.05) is 6.26 Å². The van der Waals surface area contributed by atoms with E-state index in [1.807, 2.05) is 0 Å². The van der Waals surface area contributed by atoms with Crippen molar-refractivity contribution in [2.45, 2.75) is 37.3 Å². The van der Waals surface area contributed by atoms with Gasteiger partial charge in [-0.15, -0.1) is 11.8 Å². The van der Waals surface area contributed by atoms with Gasteiger partial charge in [-0.1, -0.05) is 0 Å². The zero-order valence-corrected chi connectivity index (χ0v) is 12.7. The Morgan fingerprint density at radius 3 is 2.55 bits per heavy atom. The molecule has 1 aromatic rings. The number of nitro groups is 1. The predicted molar refractivity (Wildman–Crippen MR) is 78.1 cm³/mol. The smallest absolute Gasteiger partial charge is 0.283 e. The number of nitrogens with one attached hydrogen (secondary N) is 1. The van der Waals surface area contributed by atoms with E-state index in [2.05, 4.69) is 5.32 Å². The van der Waals surface area contributed by atoms with Crippen molar-refractivity contribution in [2.24, 2.45) is 0 Å². The fraction of sp³-hybridized carbons (Fsp3) is 0.462. The van der Waals surface area contributed by atoms with Crippen LogP contribution in [-0.2, 0) is 0 Å². The number of benzene rings is 1. The summed E-state index contributed by atoms with van der Waals surface area (Å²) in [7, 11) is 0. The summed E-state index contributed by atoms with van der Waals surface area (Å²) < 4.78 is 0. The Bertz CT molecular complexity index is 529. The van der Waals surface area contributed by atoms with Crippen LogP contribution < -0.4 is 5.32 Å². The molecule has 0 bridgehead atoms. The molecule has 0 aromatic heterocycles. The molecule has 2 N–H and O–H groups in total. The molecule has 0 aliphatic carbocycles. The maximum absolute atomic E-state index is 12.1. The maximum Gasteiger partial charge on any atom is 0.283 e. The molecule has 0 heterocycles. The van der Waals surface area contributed by atoms with Gasteiger partial charge in [0, 0.05) is 11.6 Å². The molecule has 1 unspecified atom stereocenters. The van der Waals surface area contributed by atoms with E-state index in [0.717, 1.165) is 0 Å². The average Bonchev–Trinajstić information content (AvgIpc) is 2.37. The second-order valence-corrected chi connectivity index (χ2v) is 5.84. The topological polar surface area (TPSA) is 92.5 Å². The third-order valence-corrected chi connectivity index (χ3v) is 3.90. The molecule has 1 aromatic carbocycles. The van der Waals surface area contributed by atoms with Gasteiger partial charge >= 0.3 is 0 Å². The molecule has 110 valence electrons. The van der Waals surface area contributed by atoms with Gasteiger partial charge in [-0.05, 0) is 39.2 Å². The van der Waals surface area contributed by atoms with Crippen molar-refractivity contribution in [1.82, 2.24) is 5.32 Å². The van der Waals surface area contributed by atoms with E-state index in [-0.39, 0.29) is 11.3 Å². The first-order valence-corrected chi connectivity index (χ1v) is 7.24. The number of nitro benzene ring substituents is 1. The van der Waals surface area contributed by atoms with Crippen LogP contribution in [0.2, 0.25) is 0 Å². The maximum atomic E-state index is 12.1. The minimum Gasteiger partial charge on any atom is -0.391 e. The number of rotatable bonds is 5. The summed E-state index contributed by atoms with van der Waals surface area (Å²) >= 11 is 1.25. The quantitative estimate of drug-likeness (QED) is 0.494. The second-order valence-electron chi connectivity index (χ2n) is 5.00. The van der Waals surface area contributed by atoms with Gasteiger partial charge in [0.1, 0.15) is 0 Å². The number of carbonyl (C=O) groups is 1. The number of amides is 1. The van der Waals surface area contributed by atoms with E-state index in [1.165, 1.54) is 23.9 Å². The van der Waals surface area contributed by atoms with Crippen LogP contribution in [-0.4, -0.2) is 33.8 Å². The highest BCUT2D eigenvalue weighted by molar-refractivity contribution is 7.98. The Morgan fingerprint density at radius 2 is 2.10 bits per heavy atom. The summed E-state index contributed by atoms with van der Waals surface area (Å²) in [6.45, 7) is 4.93. The van der Waals surface area contributed by atoms with Gasteiger partial charge in [0.25, 0.3) is 11.6 Å². The fourth-order valence-corrected chi connectivity index (χ4v) is 1.99. The van der Waals surface area contributed by atoms with Crippen molar-refractivity contribution in [1.29, 1.82) is 0 Å². The third kappa shape index (κ3) is 3.71. The van der Waals surface area contributed by atoms with Gasteiger partial charge in [-0.3, -0.25) is 14.9 Å². The first kappa shape index (κ1) is 16.5. The number of aliphatic hydroxyl groups is 1. The number of hydrogen-bond acceptors (Lipinski definition) is 5. The molecule has 0 radical (unpaired) electrons. The minimum atomic E-state index is -0.815. The molecule has 1 amide bonds. The second kappa shape index (κ2) is 6.23. The summed E-state index contributed by atoms with van der Waals surface area (Å²) in [4.78, 5) is 23.0. The highest BCUT2D eigenvalue weighted by atomic mass is 32.2. The zero-order chi connectivity index (χ0) is 15.5. The van der Waals surface area contributed by atoms with Crippen molar-refractivity contribution in [3.63, 3.8) is 0 Å². The van der Waals surface area contributed by atoms with Gasteiger partial charge in [0.2, 0.25) is 0 Å². The van der Waals surface area contributed by atoms with Gasteiger partial charge in [0.15, 0.2) is 0 Å². The standard InChI is InChI=1S/C13H18N2O4S/c1-8(16)13(2,3)14-12(17)9-5-6-11(20-4)10(7-9)15(18)19/h5-8,16H,1-4H3,(H,14,17). The summed E-state index contributed by atoms with van der Waals surface area (Å²) in [6, 6.07) is 4.33. The monoisotopic (exact) mass is 298 g/mol. The SMILES string of the molecule is CSc1ccc(C(=O)NC(C)(C)C(C)O)cc1[N+](=O)[O-]. The molecule has 0 spiro atoms. The largest absolute Gasteiger partial charge is 0.391 e. The fourth-order valence-electron chi connectivity index (χ4n) is 1.44. The molecule has 7 heteroatoms. The molecule has 0 saturated heterocycles. The summed E-state index contributed by atoms with van der Waals surface area (Å²) in [5.74, 6) is -0.452. The molecule has 20 heavy (non-hydrogen) atoms. The molecular weight excluding hydrogens is 280 g/mol. The van der Waals surface area contributed by atoms with Crippen LogP contribution in [0.15, 0.2) is 23.1 Å². The van der Waals surface area contributed by atoms with Crippen LogP contribution in [0.5, 0.6) is 0 Å². The minimum absolute atomic E-state index is 0.0972. The summed E-state index contributed by atoms with van der Waals surface area (Å²) in [5.41, 5.74) is -0.715. The Kier molecular flexibility index (Phi) is 5.13. The zero-order valence-electron chi connectivity index (χ0n) is 11.8. The number of aliphatic hydroxyl groups excluding tert-OH is 1. The summed E-state index contributed by atoms with van der Waals surface area (Å²) in [5, 5.41) is 23.2. The van der Waals surface area contributed by atoms with Crippen molar-refractivity contribution < 1.29 is 14.8 Å². The predicted octanol–water partition coefficient (Wildman–Crippen LogP) is 2.21. The number of carbonyl (C=O) groups excluding carboxylic acids is 1. The Morgan fingerprint density at radius 1 is 1.50 bits per heavy atom. The lowest BCUT2D eigenvalue weighted by Gasteiger charge is -2.29. The lowest BCUT2D eigenvalue weighted by molar-refractivity contribution is -0.387. The molecule has 1 rings (SSSR count). The normalized spacial score (nSPS) is 12.8. The molecule has 0 aliphatic rings. The van der Waals surface area contributed by atoms with Crippen LogP contribution >= 0.6 is 11.8 Å². The van der Waals surface area contributed by atoms with Crippen LogP contribution in [0.3, 0.4) is 0 Å². The van der Waals surface area contributed by atoms with Crippen LogP contribution in [0.1, 0.15) is 31.1 Å². The summed E-state index contributed by atoms with van der Waals surface area (Å²) in [6.07, 6.45) is 0.991. The van der Waals surface area contributed by atoms with E-state index in [9.17, 15) is 20.0 Å². The molecular formula is C13H18N2O4S. The third-order valence-electron chi connectivity index (χ3n) is 3.12.